The topological polar surface area (TPSA) is 106 Å². The Balaban J connectivity index is 1.39. The number of rotatable bonds is 9. The van der Waals surface area contributed by atoms with E-state index in [0.29, 0.717) is 24.5 Å². The van der Waals surface area contributed by atoms with E-state index in [1.807, 2.05) is 84.9 Å². The smallest absolute Gasteiger partial charge is 0.337 e. The number of carbonyl (C=O) groups excluding carboxylic acids is 1. The van der Waals surface area contributed by atoms with Crippen LogP contribution in [-0.4, -0.2) is 28.2 Å². The number of carbonyl (C=O) groups is 2. The standard InChI is InChI=1S/C29H25N5O4/c35-28(23-13-16-27(26(17-23)29(36)37)34-31-20-30-32-34)33(18-21-7-3-1-4-8-21)19-22-11-14-25(15-12-22)38-24-9-5-2-6-10-24/h1-17,20,32H,18-19H2,(H,30,31)(H,36,37). The normalized spacial score (nSPS) is 11.9. The van der Waals surface area contributed by atoms with Crippen molar-refractivity contribution in [2.45, 2.75) is 13.1 Å². The zero-order chi connectivity index (χ0) is 26.3. The number of benzene rings is 4. The minimum atomic E-state index is -1.16. The Morgan fingerprint density at radius 3 is 2.08 bits per heavy atom. The predicted molar refractivity (Wildman–Crippen MR) is 144 cm³/mol. The summed E-state index contributed by atoms with van der Waals surface area (Å²) >= 11 is 0. The molecule has 4 aromatic carbocycles. The third kappa shape index (κ3) is 5.73. The Morgan fingerprint density at radius 2 is 1.45 bits per heavy atom. The van der Waals surface area contributed by atoms with Crippen LogP contribution in [0.1, 0.15) is 31.8 Å². The third-order valence-electron chi connectivity index (χ3n) is 5.90. The van der Waals surface area contributed by atoms with E-state index >= 15 is 0 Å². The van der Waals surface area contributed by atoms with Gasteiger partial charge in [-0.2, -0.15) is 10.7 Å². The minimum Gasteiger partial charge on any atom is -0.478 e. The second kappa shape index (κ2) is 11.2. The van der Waals surface area contributed by atoms with Gasteiger partial charge in [-0.1, -0.05) is 60.7 Å². The van der Waals surface area contributed by atoms with Crippen LogP contribution >= 0.6 is 0 Å². The molecule has 9 nitrogen and oxygen atoms in total. The average molecular weight is 508 g/mol. The molecule has 3 N–H and O–H groups in total. The summed E-state index contributed by atoms with van der Waals surface area (Å²) in [6.45, 7) is 0.682. The van der Waals surface area contributed by atoms with Crippen molar-refractivity contribution in [2.24, 2.45) is 5.10 Å². The number of hydrazine groups is 2. The molecule has 0 bridgehead atoms. The lowest BCUT2D eigenvalue weighted by molar-refractivity contribution is 0.0697. The van der Waals surface area contributed by atoms with Crippen molar-refractivity contribution in [3.8, 4) is 11.5 Å². The molecule has 0 saturated heterocycles. The molecular formula is C29H25N5O4. The molecule has 190 valence electrons. The molecule has 1 aliphatic rings. The lowest BCUT2D eigenvalue weighted by Gasteiger charge is -2.24. The molecule has 1 amide bonds. The second-order valence-corrected chi connectivity index (χ2v) is 8.57. The number of nitrogens with zero attached hydrogens (tertiary/aromatic N) is 3. The Kier molecular flexibility index (Phi) is 7.17. The maximum Gasteiger partial charge on any atom is 0.337 e. The Labute approximate surface area is 219 Å². The molecule has 1 aliphatic heterocycles. The van der Waals surface area contributed by atoms with Gasteiger partial charge in [0.15, 0.2) is 0 Å². The first kappa shape index (κ1) is 24.4. The number of carboxylic acid groups (broad SMARTS) is 1. The maximum absolute atomic E-state index is 13.7. The number of carboxylic acids is 1. The van der Waals surface area contributed by atoms with Gasteiger partial charge in [0.2, 0.25) is 0 Å². The quantitative estimate of drug-likeness (QED) is 0.299. The van der Waals surface area contributed by atoms with Gasteiger partial charge >= 0.3 is 5.97 Å². The summed E-state index contributed by atoms with van der Waals surface area (Å²) in [4.78, 5) is 27.4. The van der Waals surface area contributed by atoms with Gasteiger partial charge in [0.1, 0.15) is 17.8 Å². The number of hydrazone groups is 1. The molecule has 38 heavy (non-hydrogen) atoms. The Hall–Kier alpha value is -5.31. The fourth-order valence-corrected chi connectivity index (χ4v) is 4.05. The van der Waals surface area contributed by atoms with Gasteiger partial charge in [0.05, 0.1) is 11.3 Å². The molecule has 0 aliphatic carbocycles. The van der Waals surface area contributed by atoms with Crippen molar-refractivity contribution < 1.29 is 19.4 Å². The van der Waals surface area contributed by atoms with Crippen LogP contribution in [0.25, 0.3) is 0 Å². The molecule has 0 aromatic heterocycles. The molecule has 5 rings (SSSR count). The molecule has 9 heteroatoms. The average Bonchev–Trinajstić information content (AvgIpc) is 3.49. The highest BCUT2D eigenvalue weighted by atomic mass is 16.5. The minimum absolute atomic E-state index is 0.0385. The summed E-state index contributed by atoms with van der Waals surface area (Å²) in [6.07, 6.45) is 1.39. The largest absolute Gasteiger partial charge is 0.478 e. The molecule has 0 spiro atoms. The van der Waals surface area contributed by atoms with Crippen LogP contribution in [0.5, 0.6) is 11.5 Å². The summed E-state index contributed by atoms with van der Waals surface area (Å²) in [6, 6.07) is 31.3. The van der Waals surface area contributed by atoms with Gasteiger partial charge in [0.25, 0.3) is 5.91 Å². The first-order valence-electron chi connectivity index (χ1n) is 11.9. The van der Waals surface area contributed by atoms with Crippen LogP contribution in [-0.2, 0) is 13.1 Å². The van der Waals surface area contributed by atoms with Gasteiger partial charge < -0.3 is 14.7 Å². The fraction of sp³-hybridized carbons (Fsp3) is 0.0690. The van der Waals surface area contributed by atoms with E-state index in [1.54, 1.807) is 17.0 Å². The Morgan fingerprint density at radius 1 is 0.816 bits per heavy atom. The van der Waals surface area contributed by atoms with Crippen LogP contribution in [0.4, 0.5) is 5.69 Å². The van der Waals surface area contributed by atoms with Gasteiger partial charge in [0, 0.05) is 18.7 Å². The zero-order valence-electron chi connectivity index (χ0n) is 20.3. The van der Waals surface area contributed by atoms with Crippen molar-refractivity contribution >= 4 is 23.9 Å². The molecule has 1 heterocycles. The van der Waals surface area contributed by atoms with Crippen molar-refractivity contribution in [3.63, 3.8) is 0 Å². The molecule has 0 atom stereocenters. The highest BCUT2D eigenvalue weighted by molar-refractivity contribution is 6.00. The lowest BCUT2D eigenvalue weighted by atomic mass is 10.1. The molecular weight excluding hydrogens is 482 g/mol. The maximum atomic E-state index is 13.7. The number of hydrogen-bond acceptors (Lipinski definition) is 7. The second-order valence-electron chi connectivity index (χ2n) is 8.57. The molecule has 0 saturated carbocycles. The van der Waals surface area contributed by atoms with Gasteiger partial charge in [-0.3, -0.25) is 10.2 Å². The zero-order valence-corrected chi connectivity index (χ0v) is 20.3. The highest BCUT2D eigenvalue weighted by Gasteiger charge is 2.23. The lowest BCUT2D eigenvalue weighted by Crippen LogP contribution is -2.40. The first-order chi connectivity index (χ1) is 18.6. The molecule has 0 radical (unpaired) electrons. The van der Waals surface area contributed by atoms with E-state index in [4.69, 9.17) is 4.74 Å². The van der Waals surface area contributed by atoms with Gasteiger partial charge in [-0.15, -0.1) is 5.10 Å². The number of nitrogens with one attached hydrogen (secondary N) is 2. The summed E-state index contributed by atoms with van der Waals surface area (Å²) in [5.74, 6) is -0.0136. The summed E-state index contributed by atoms with van der Waals surface area (Å²) < 4.78 is 5.88. The Bertz CT molecular complexity index is 1440. The number of aromatic carboxylic acids is 1. The molecule has 4 aromatic rings. The van der Waals surface area contributed by atoms with E-state index in [1.165, 1.54) is 17.5 Å². The van der Waals surface area contributed by atoms with Crippen molar-refractivity contribution in [2.75, 3.05) is 5.12 Å². The SMILES string of the molecule is O=C(O)c1cc(C(=O)N(Cc2ccccc2)Cc2ccc(Oc3ccccc3)cc2)ccc1N1NC=NN1. The number of anilines is 1. The summed E-state index contributed by atoms with van der Waals surface area (Å²) in [7, 11) is 0. The third-order valence-corrected chi connectivity index (χ3v) is 5.90. The van der Waals surface area contributed by atoms with E-state index in [0.717, 1.165) is 16.9 Å². The fourth-order valence-electron chi connectivity index (χ4n) is 4.05. The van der Waals surface area contributed by atoms with E-state index in [9.17, 15) is 14.7 Å². The van der Waals surface area contributed by atoms with Crippen LogP contribution in [0.2, 0.25) is 0 Å². The van der Waals surface area contributed by atoms with E-state index < -0.39 is 5.97 Å². The summed E-state index contributed by atoms with van der Waals surface area (Å²) in [5.41, 5.74) is 7.86. The molecule has 0 unspecified atom stereocenters. The number of ether oxygens (including phenoxy) is 1. The monoisotopic (exact) mass is 507 g/mol. The van der Waals surface area contributed by atoms with Crippen molar-refractivity contribution in [1.29, 1.82) is 0 Å². The van der Waals surface area contributed by atoms with Crippen LogP contribution < -0.4 is 20.8 Å². The van der Waals surface area contributed by atoms with E-state index in [-0.39, 0.29) is 17.0 Å². The first-order valence-corrected chi connectivity index (χ1v) is 11.9. The van der Waals surface area contributed by atoms with Crippen molar-refractivity contribution in [1.82, 2.24) is 15.9 Å². The van der Waals surface area contributed by atoms with Crippen LogP contribution in [0, 0.1) is 0 Å². The molecule has 0 fully saturated rings. The van der Waals surface area contributed by atoms with Crippen LogP contribution in [0.15, 0.2) is 108 Å². The highest BCUT2D eigenvalue weighted by Crippen LogP contribution is 2.25. The van der Waals surface area contributed by atoms with Crippen LogP contribution in [0.3, 0.4) is 0 Å². The predicted octanol–water partition coefficient (Wildman–Crippen LogP) is 4.79. The number of hydrogen-bond donors (Lipinski definition) is 3. The number of para-hydroxylation sites is 1. The number of amides is 1. The van der Waals surface area contributed by atoms with Crippen molar-refractivity contribution in [3.05, 3.63) is 125 Å². The van der Waals surface area contributed by atoms with Gasteiger partial charge in [-0.05, 0) is 53.6 Å². The summed E-state index contributed by atoms with van der Waals surface area (Å²) in [5, 5.41) is 15.0. The van der Waals surface area contributed by atoms with Gasteiger partial charge in [-0.25, -0.2) is 4.79 Å². The van der Waals surface area contributed by atoms with E-state index in [2.05, 4.69) is 16.1 Å².